The third-order valence-electron chi connectivity index (χ3n) is 1.10. The normalized spacial score (nSPS) is 16.0. The Bertz CT molecular complexity index is 116. The molecule has 2 N–H and O–H groups in total. The molecule has 0 bridgehead atoms. The van der Waals surface area contributed by atoms with E-state index in [9.17, 15) is 4.79 Å². The molecule has 0 heterocycles. The van der Waals surface area contributed by atoms with Crippen LogP contribution in [0, 0.1) is 0 Å². The highest BCUT2D eigenvalue weighted by Crippen LogP contribution is 1.91. The number of amides is 1. The summed E-state index contributed by atoms with van der Waals surface area (Å²) in [6.07, 6.45) is -0.927. The second-order valence-electron chi connectivity index (χ2n) is 2.12. The summed E-state index contributed by atoms with van der Waals surface area (Å²) >= 11 is 0. The predicted octanol–water partition coefficient (Wildman–Crippen LogP) is -0.524. The maximum Gasteiger partial charge on any atom is 0.217 e. The van der Waals surface area contributed by atoms with Crippen LogP contribution in [0.4, 0.5) is 0 Å². The van der Waals surface area contributed by atoms with Gasteiger partial charge in [-0.05, 0) is 6.92 Å². The summed E-state index contributed by atoms with van der Waals surface area (Å²) in [5, 5.41) is 11.4. The number of hydrogen-bond acceptors (Lipinski definition) is 3. The Balaban J connectivity index is 3.61. The van der Waals surface area contributed by atoms with Gasteiger partial charge in [0.25, 0.3) is 0 Å². The van der Waals surface area contributed by atoms with E-state index in [2.05, 4.69) is 10.1 Å². The molecule has 60 valence electrons. The number of aliphatic hydroxyl groups excluding tert-OH is 1. The Labute approximate surface area is 60.2 Å². The van der Waals surface area contributed by atoms with E-state index in [0.717, 1.165) is 0 Å². The SMILES string of the molecule is COC(O)C(C)NC(C)=O. The highest BCUT2D eigenvalue weighted by atomic mass is 16.6. The van der Waals surface area contributed by atoms with Crippen molar-refractivity contribution < 1.29 is 14.6 Å². The number of rotatable bonds is 3. The Morgan fingerprint density at radius 2 is 2.20 bits per heavy atom. The molecule has 0 spiro atoms. The highest BCUT2D eigenvalue weighted by molar-refractivity contribution is 5.73. The largest absolute Gasteiger partial charge is 0.366 e. The molecule has 10 heavy (non-hydrogen) atoms. The predicted molar refractivity (Wildman–Crippen MR) is 36.3 cm³/mol. The fourth-order valence-corrected chi connectivity index (χ4v) is 0.596. The van der Waals surface area contributed by atoms with Crippen LogP contribution in [-0.2, 0) is 9.53 Å². The van der Waals surface area contributed by atoms with Crippen LogP contribution < -0.4 is 5.32 Å². The molecule has 0 aliphatic heterocycles. The first kappa shape index (κ1) is 9.39. The van der Waals surface area contributed by atoms with Gasteiger partial charge >= 0.3 is 0 Å². The smallest absolute Gasteiger partial charge is 0.217 e. The first-order chi connectivity index (χ1) is 4.57. The minimum Gasteiger partial charge on any atom is -0.366 e. The standard InChI is InChI=1S/C6H13NO3/c1-4(6(9)10-3)7-5(2)8/h4,6,9H,1-3H3,(H,7,8). The number of hydrogen-bond donors (Lipinski definition) is 2. The van der Waals surface area contributed by atoms with Crippen LogP contribution in [0.15, 0.2) is 0 Å². The van der Waals surface area contributed by atoms with Crippen LogP contribution >= 0.6 is 0 Å². The van der Waals surface area contributed by atoms with Crippen LogP contribution in [0.2, 0.25) is 0 Å². The van der Waals surface area contributed by atoms with Gasteiger partial charge in [-0.15, -0.1) is 0 Å². The molecular formula is C6H13NO3. The van der Waals surface area contributed by atoms with Crippen molar-refractivity contribution in [3.05, 3.63) is 0 Å². The molecule has 0 aliphatic rings. The molecule has 0 saturated heterocycles. The van der Waals surface area contributed by atoms with Crippen LogP contribution in [0.5, 0.6) is 0 Å². The third-order valence-corrected chi connectivity index (χ3v) is 1.10. The van der Waals surface area contributed by atoms with E-state index in [1.165, 1.54) is 14.0 Å². The average molecular weight is 147 g/mol. The lowest BCUT2D eigenvalue weighted by atomic mass is 10.3. The number of carbonyl (C=O) groups excluding carboxylic acids is 1. The molecule has 0 rings (SSSR count). The molecular weight excluding hydrogens is 134 g/mol. The van der Waals surface area contributed by atoms with E-state index in [4.69, 9.17) is 5.11 Å². The zero-order valence-electron chi connectivity index (χ0n) is 6.42. The quantitative estimate of drug-likeness (QED) is 0.528. The van der Waals surface area contributed by atoms with Crippen molar-refractivity contribution in [3.8, 4) is 0 Å². The minimum absolute atomic E-state index is 0.177. The van der Waals surface area contributed by atoms with E-state index in [-0.39, 0.29) is 11.9 Å². The minimum atomic E-state index is -0.927. The summed E-state index contributed by atoms with van der Waals surface area (Å²) in [6.45, 7) is 3.05. The van der Waals surface area contributed by atoms with Crippen LogP contribution in [0.3, 0.4) is 0 Å². The van der Waals surface area contributed by atoms with E-state index in [1.807, 2.05) is 0 Å². The molecule has 2 unspecified atom stereocenters. The lowest BCUT2D eigenvalue weighted by Crippen LogP contribution is -2.40. The molecule has 0 radical (unpaired) electrons. The van der Waals surface area contributed by atoms with Gasteiger partial charge < -0.3 is 15.2 Å². The second kappa shape index (κ2) is 4.24. The van der Waals surface area contributed by atoms with Crippen molar-refractivity contribution in [1.29, 1.82) is 0 Å². The second-order valence-corrected chi connectivity index (χ2v) is 2.12. The van der Waals surface area contributed by atoms with Gasteiger partial charge in [0.2, 0.25) is 5.91 Å². The summed E-state index contributed by atoms with van der Waals surface area (Å²) < 4.78 is 4.55. The van der Waals surface area contributed by atoms with Crippen molar-refractivity contribution in [2.45, 2.75) is 26.2 Å². The summed E-state index contributed by atoms with van der Waals surface area (Å²) in [4.78, 5) is 10.4. The summed E-state index contributed by atoms with van der Waals surface area (Å²) in [5.74, 6) is -0.177. The third kappa shape index (κ3) is 3.42. The molecule has 0 fully saturated rings. The molecule has 2 atom stereocenters. The molecule has 0 aliphatic carbocycles. The fourth-order valence-electron chi connectivity index (χ4n) is 0.596. The van der Waals surface area contributed by atoms with Crippen molar-refractivity contribution in [2.24, 2.45) is 0 Å². The monoisotopic (exact) mass is 147 g/mol. The van der Waals surface area contributed by atoms with Crippen molar-refractivity contribution >= 4 is 5.91 Å². The zero-order chi connectivity index (χ0) is 8.15. The molecule has 4 nitrogen and oxygen atoms in total. The highest BCUT2D eigenvalue weighted by Gasteiger charge is 2.12. The number of ether oxygens (including phenoxy) is 1. The summed E-state index contributed by atoms with van der Waals surface area (Å²) in [6, 6.07) is -0.359. The van der Waals surface area contributed by atoms with E-state index < -0.39 is 6.29 Å². The molecule has 0 saturated carbocycles. The molecule has 0 aromatic carbocycles. The topological polar surface area (TPSA) is 58.6 Å². The van der Waals surface area contributed by atoms with Gasteiger partial charge in [-0.25, -0.2) is 0 Å². The summed E-state index contributed by atoms with van der Waals surface area (Å²) in [7, 11) is 1.38. The van der Waals surface area contributed by atoms with Crippen LogP contribution in [-0.4, -0.2) is 30.5 Å². The number of methoxy groups -OCH3 is 1. The molecule has 4 heteroatoms. The van der Waals surface area contributed by atoms with Gasteiger partial charge in [0.15, 0.2) is 6.29 Å². The first-order valence-corrected chi connectivity index (χ1v) is 3.06. The average Bonchev–Trinajstić information content (AvgIpc) is 1.85. The van der Waals surface area contributed by atoms with Gasteiger partial charge in [0.05, 0.1) is 6.04 Å². The first-order valence-electron chi connectivity index (χ1n) is 3.06. The van der Waals surface area contributed by atoms with Crippen molar-refractivity contribution in [3.63, 3.8) is 0 Å². The van der Waals surface area contributed by atoms with E-state index in [0.29, 0.717) is 0 Å². The number of nitrogens with one attached hydrogen (secondary N) is 1. The summed E-state index contributed by atoms with van der Waals surface area (Å²) in [5.41, 5.74) is 0. The van der Waals surface area contributed by atoms with Gasteiger partial charge in [-0.2, -0.15) is 0 Å². The lowest BCUT2D eigenvalue weighted by Gasteiger charge is -2.17. The van der Waals surface area contributed by atoms with Crippen molar-refractivity contribution in [1.82, 2.24) is 5.32 Å². The molecule has 0 aromatic heterocycles. The van der Waals surface area contributed by atoms with E-state index >= 15 is 0 Å². The number of carbonyl (C=O) groups is 1. The number of aliphatic hydroxyl groups is 1. The van der Waals surface area contributed by atoms with E-state index in [1.54, 1.807) is 6.92 Å². The van der Waals surface area contributed by atoms with Gasteiger partial charge in [-0.3, -0.25) is 4.79 Å². The van der Waals surface area contributed by atoms with Crippen LogP contribution in [0.25, 0.3) is 0 Å². The zero-order valence-corrected chi connectivity index (χ0v) is 6.42. The Hall–Kier alpha value is -0.610. The molecule has 0 aromatic rings. The maximum atomic E-state index is 10.4. The van der Waals surface area contributed by atoms with Gasteiger partial charge in [0.1, 0.15) is 0 Å². The fraction of sp³-hybridized carbons (Fsp3) is 0.833. The van der Waals surface area contributed by atoms with Crippen molar-refractivity contribution in [2.75, 3.05) is 7.11 Å². The van der Waals surface area contributed by atoms with Gasteiger partial charge in [0, 0.05) is 14.0 Å². The van der Waals surface area contributed by atoms with Crippen LogP contribution in [0.1, 0.15) is 13.8 Å². The Morgan fingerprint density at radius 3 is 2.50 bits per heavy atom. The van der Waals surface area contributed by atoms with Gasteiger partial charge in [-0.1, -0.05) is 0 Å². The molecule has 1 amide bonds. The maximum absolute atomic E-state index is 10.4. The Kier molecular flexibility index (Phi) is 3.99. The lowest BCUT2D eigenvalue weighted by molar-refractivity contribution is -0.127. The Morgan fingerprint density at radius 1 is 1.70 bits per heavy atom.